The summed E-state index contributed by atoms with van der Waals surface area (Å²) in [5.41, 5.74) is 5.42. The molecule has 8 nitrogen and oxygen atoms in total. The van der Waals surface area contributed by atoms with Crippen molar-refractivity contribution in [3.8, 4) is 0 Å². The number of carbonyl (C=O) groups is 2. The zero-order chi connectivity index (χ0) is 18.7. The van der Waals surface area contributed by atoms with Crippen molar-refractivity contribution in [3.63, 3.8) is 0 Å². The summed E-state index contributed by atoms with van der Waals surface area (Å²) in [6, 6.07) is 8.60. The molecule has 0 atom stereocenters. The standard InChI is InChI=1S/C18H18N4O4/c1-11-9-14(12(2)26-11)17(24)21-20-16(23)7-8-22-10-19-15-6-4-3-5-13(15)18(22)25/h3-6,9-10H,7-8H2,1-2H3,(H,20,23)(H,21,24). The molecule has 0 fully saturated rings. The first kappa shape index (κ1) is 17.4. The topological polar surface area (TPSA) is 106 Å². The van der Waals surface area contributed by atoms with Gasteiger partial charge in [0.2, 0.25) is 5.91 Å². The molecule has 26 heavy (non-hydrogen) atoms. The van der Waals surface area contributed by atoms with Crippen LogP contribution in [0.5, 0.6) is 0 Å². The van der Waals surface area contributed by atoms with Crippen LogP contribution in [0.4, 0.5) is 0 Å². The van der Waals surface area contributed by atoms with Crippen molar-refractivity contribution < 1.29 is 14.0 Å². The Morgan fingerprint density at radius 3 is 2.69 bits per heavy atom. The summed E-state index contributed by atoms with van der Waals surface area (Å²) < 4.78 is 6.65. The van der Waals surface area contributed by atoms with Crippen LogP contribution in [0.1, 0.15) is 28.3 Å². The molecule has 8 heteroatoms. The van der Waals surface area contributed by atoms with Gasteiger partial charge in [-0.15, -0.1) is 0 Å². The second-order valence-corrected chi connectivity index (χ2v) is 5.84. The van der Waals surface area contributed by atoms with Gasteiger partial charge < -0.3 is 4.42 Å². The molecule has 2 aromatic heterocycles. The number of aryl methyl sites for hydroxylation is 3. The van der Waals surface area contributed by atoms with E-state index in [-0.39, 0.29) is 18.5 Å². The van der Waals surface area contributed by atoms with E-state index in [1.807, 2.05) is 0 Å². The minimum absolute atomic E-state index is 0.0175. The number of fused-ring (bicyclic) bond motifs is 1. The third-order valence-electron chi connectivity index (χ3n) is 3.91. The van der Waals surface area contributed by atoms with E-state index in [9.17, 15) is 14.4 Å². The van der Waals surface area contributed by atoms with Crippen molar-refractivity contribution in [2.45, 2.75) is 26.8 Å². The molecule has 2 heterocycles. The first-order valence-corrected chi connectivity index (χ1v) is 8.06. The summed E-state index contributed by atoms with van der Waals surface area (Å²) in [4.78, 5) is 40.5. The van der Waals surface area contributed by atoms with Crippen molar-refractivity contribution in [3.05, 3.63) is 64.1 Å². The number of nitrogens with zero attached hydrogens (tertiary/aromatic N) is 2. The molecular weight excluding hydrogens is 336 g/mol. The van der Waals surface area contributed by atoms with Crippen LogP contribution < -0.4 is 16.4 Å². The lowest BCUT2D eigenvalue weighted by Gasteiger charge is -2.08. The second kappa shape index (κ2) is 7.22. The maximum Gasteiger partial charge on any atom is 0.273 e. The van der Waals surface area contributed by atoms with Gasteiger partial charge in [-0.05, 0) is 32.0 Å². The molecule has 134 valence electrons. The molecule has 3 aromatic rings. The van der Waals surface area contributed by atoms with Crippen LogP contribution in [0.25, 0.3) is 10.9 Å². The summed E-state index contributed by atoms with van der Waals surface area (Å²) >= 11 is 0. The van der Waals surface area contributed by atoms with E-state index < -0.39 is 11.8 Å². The van der Waals surface area contributed by atoms with Gasteiger partial charge in [0.05, 0.1) is 22.8 Å². The van der Waals surface area contributed by atoms with Gasteiger partial charge in [0.1, 0.15) is 11.5 Å². The number of hydrogen-bond donors (Lipinski definition) is 2. The highest BCUT2D eigenvalue weighted by Crippen LogP contribution is 2.12. The normalized spacial score (nSPS) is 10.7. The molecule has 0 bridgehead atoms. The molecule has 2 amide bonds. The van der Waals surface area contributed by atoms with Gasteiger partial charge in [0.25, 0.3) is 11.5 Å². The van der Waals surface area contributed by atoms with Gasteiger partial charge in [-0.2, -0.15) is 0 Å². The van der Waals surface area contributed by atoms with E-state index in [0.717, 1.165) is 0 Å². The van der Waals surface area contributed by atoms with Gasteiger partial charge in [0.15, 0.2) is 0 Å². The molecule has 3 rings (SSSR count). The predicted molar refractivity (Wildman–Crippen MR) is 94.4 cm³/mol. The Hall–Kier alpha value is -3.42. The van der Waals surface area contributed by atoms with Crippen molar-refractivity contribution in [2.24, 2.45) is 0 Å². The predicted octanol–water partition coefficient (Wildman–Crippen LogP) is 1.46. The number of aromatic nitrogens is 2. The molecule has 0 aliphatic heterocycles. The van der Waals surface area contributed by atoms with Crippen LogP contribution in [0.2, 0.25) is 0 Å². The smallest absolute Gasteiger partial charge is 0.273 e. The zero-order valence-corrected chi connectivity index (χ0v) is 14.4. The van der Waals surface area contributed by atoms with Crippen molar-refractivity contribution in [2.75, 3.05) is 0 Å². The monoisotopic (exact) mass is 354 g/mol. The minimum Gasteiger partial charge on any atom is -0.466 e. The Labute approximate surface area is 148 Å². The number of nitrogens with one attached hydrogen (secondary N) is 2. The molecule has 0 unspecified atom stereocenters. The van der Waals surface area contributed by atoms with E-state index >= 15 is 0 Å². The molecule has 0 saturated heterocycles. The fraction of sp³-hybridized carbons (Fsp3) is 0.222. The zero-order valence-electron chi connectivity index (χ0n) is 14.4. The highest BCUT2D eigenvalue weighted by Gasteiger charge is 2.14. The van der Waals surface area contributed by atoms with E-state index in [2.05, 4.69) is 15.8 Å². The second-order valence-electron chi connectivity index (χ2n) is 5.84. The fourth-order valence-corrected chi connectivity index (χ4v) is 2.60. The van der Waals surface area contributed by atoms with E-state index in [4.69, 9.17) is 4.42 Å². The van der Waals surface area contributed by atoms with Crippen LogP contribution in [-0.2, 0) is 11.3 Å². The SMILES string of the molecule is Cc1cc(C(=O)NNC(=O)CCn2cnc3ccccc3c2=O)c(C)o1. The van der Waals surface area contributed by atoms with Gasteiger partial charge in [0, 0.05) is 13.0 Å². The molecule has 1 aromatic carbocycles. The Morgan fingerprint density at radius 1 is 1.19 bits per heavy atom. The first-order valence-electron chi connectivity index (χ1n) is 8.06. The molecule has 0 saturated carbocycles. The molecule has 0 spiro atoms. The van der Waals surface area contributed by atoms with Gasteiger partial charge in [-0.3, -0.25) is 29.8 Å². The largest absolute Gasteiger partial charge is 0.466 e. The average Bonchev–Trinajstić information content (AvgIpc) is 2.97. The number of carbonyl (C=O) groups excluding carboxylic acids is 2. The van der Waals surface area contributed by atoms with Crippen molar-refractivity contribution in [1.82, 2.24) is 20.4 Å². The number of para-hydroxylation sites is 1. The van der Waals surface area contributed by atoms with Crippen LogP contribution >= 0.6 is 0 Å². The number of rotatable bonds is 4. The Morgan fingerprint density at radius 2 is 1.96 bits per heavy atom. The Balaban J connectivity index is 1.58. The van der Waals surface area contributed by atoms with Gasteiger partial charge >= 0.3 is 0 Å². The van der Waals surface area contributed by atoms with E-state index in [1.165, 1.54) is 10.9 Å². The van der Waals surface area contributed by atoms with Crippen LogP contribution in [0.15, 0.2) is 45.9 Å². The molecular formula is C18H18N4O4. The molecule has 0 aliphatic rings. The number of hydrogen-bond acceptors (Lipinski definition) is 5. The number of amides is 2. The lowest BCUT2D eigenvalue weighted by molar-refractivity contribution is -0.122. The molecule has 0 aliphatic carbocycles. The highest BCUT2D eigenvalue weighted by molar-refractivity contribution is 5.96. The summed E-state index contributed by atoms with van der Waals surface area (Å²) in [6.45, 7) is 3.56. The summed E-state index contributed by atoms with van der Waals surface area (Å²) in [6.07, 6.45) is 1.43. The molecule has 2 N–H and O–H groups in total. The van der Waals surface area contributed by atoms with E-state index in [0.29, 0.717) is 28.0 Å². The molecule has 0 radical (unpaired) electrons. The maximum absolute atomic E-state index is 12.3. The van der Waals surface area contributed by atoms with Crippen LogP contribution in [-0.4, -0.2) is 21.4 Å². The fourth-order valence-electron chi connectivity index (χ4n) is 2.60. The summed E-state index contributed by atoms with van der Waals surface area (Å²) in [5, 5.41) is 0.495. The summed E-state index contributed by atoms with van der Waals surface area (Å²) in [7, 11) is 0. The third-order valence-corrected chi connectivity index (χ3v) is 3.91. The maximum atomic E-state index is 12.3. The van der Waals surface area contributed by atoms with Crippen LogP contribution in [0, 0.1) is 13.8 Å². The van der Waals surface area contributed by atoms with Crippen molar-refractivity contribution >= 4 is 22.7 Å². The number of hydrazine groups is 1. The number of furan rings is 1. The minimum atomic E-state index is -0.461. The van der Waals surface area contributed by atoms with Gasteiger partial charge in [-0.25, -0.2) is 4.98 Å². The van der Waals surface area contributed by atoms with Crippen molar-refractivity contribution in [1.29, 1.82) is 0 Å². The highest BCUT2D eigenvalue weighted by atomic mass is 16.3. The Bertz CT molecular complexity index is 1040. The van der Waals surface area contributed by atoms with Gasteiger partial charge in [-0.1, -0.05) is 12.1 Å². The lowest BCUT2D eigenvalue weighted by Crippen LogP contribution is -2.42. The Kier molecular flexibility index (Phi) is 4.83. The van der Waals surface area contributed by atoms with E-state index in [1.54, 1.807) is 44.2 Å². The average molecular weight is 354 g/mol. The number of benzene rings is 1. The first-order chi connectivity index (χ1) is 12.5. The van der Waals surface area contributed by atoms with Crippen LogP contribution in [0.3, 0.4) is 0 Å². The quantitative estimate of drug-likeness (QED) is 0.690. The third kappa shape index (κ3) is 3.64. The summed E-state index contributed by atoms with van der Waals surface area (Å²) in [5.74, 6) is 0.207. The lowest BCUT2D eigenvalue weighted by atomic mass is 10.2.